The Morgan fingerprint density at radius 3 is 2.72 bits per heavy atom. The molecule has 0 aliphatic rings. The average molecular weight is 258 g/mol. The number of carbonyl (C=O) groups is 1. The van der Waals surface area contributed by atoms with Crippen molar-refractivity contribution in [3.8, 4) is 0 Å². The van der Waals surface area contributed by atoms with E-state index in [0.717, 1.165) is 0 Å². The summed E-state index contributed by atoms with van der Waals surface area (Å²) < 4.78 is 30.4. The molecule has 0 unspecified atom stereocenters. The van der Waals surface area contributed by atoms with Gasteiger partial charge >= 0.3 is 5.97 Å². The lowest BCUT2D eigenvalue weighted by Crippen LogP contribution is -2.13. The summed E-state index contributed by atoms with van der Waals surface area (Å²) in [4.78, 5) is 15.4. The van der Waals surface area contributed by atoms with Gasteiger partial charge in [-0.25, -0.2) is 8.78 Å². The van der Waals surface area contributed by atoms with E-state index in [1.54, 1.807) is 13.8 Å². The second-order valence-electron chi connectivity index (χ2n) is 3.76. The highest BCUT2D eigenvalue weighted by atomic mass is 19.3. The summed E-state index contributed by atoms with van der Waals surface area (Å²) in [5, 5.41) is 0. The number of carbonyl (C=O) groups excluding carboxylic acids is 1. The molecule has 2 N–H and O–H groups in total. The first-order valence-electron chi connectivity index (χ1n) is 5.62. The number of nitrogens with zero attached hydrogens (tertiary/aromatic N) is 1. The Balaban J connectivity index is 3.06. The summed E-state index contributed by atoms with van der Waals surface area (Å²) in [5.74, 6) is -0.489. The lowest BCUT2D eigenvalue weighted by Gasteiger charge is -2.11. The van der Waals surface area contributed by atoms with E-state index >= 15 is 0 Å². The summed E-state index contributed by atoms with van der Waals surface area (Å²) in [6.07, 6.45) is -2.74. The Kier molecular flexibility index (Phi) is 5.15. The normalized spacial score (nSPS) is 10.8. The Bertz CT molecular complexity index is 436. The smallest absolute Gasteiger partial charge is 0.311 e. The molecule has 1 aromatic heterocycles. The van der Waals surface area contributed by atoms with Crippen molar-refractivity contribution in [1.29, 1.82) is 0 Å². The van der Waals surface area contributed by atoms with Crippen LogP contribution in [0.2, 0.25) is 0 Å². The van der Waals surface area contributed by atoms with Crippen molar-refractivity contribution < 1.29 is 18.3 Å². The molecule has 6 heteroatoms. The van der Waals surface area contributed by atoms with E-state index < -0.39 is 12.4 Å². The maximum atomic E-state index is 12.8. The van der Waals surface area contributed by atoms with Crippen molar-refractivity contribution >= 4 is 5.97 Å². The molecule has 4 nitrogen and oxygen atoms in total. The first kappa shape index (κ1) is 14.5. The van der Waals surface area contributed by atoms with Gasteiger partial charge in [0.15, 0.2) is 0 Å². The molecule has 0 spiro atoms. The molecule has 0 aliphatic heterocycles. The maximum Gasteiger partial charge on any atom is 0.311 e. The van der Waals surface area contributed by atoms with Crippen molar-refractivity contribution in [2.24, 2.45) is 5.73 Å². The third-order valence-corrected chi connectivity index (χ3v) is 2.53. The summed E-state index contributed by atoms with van der Waals surface area (Å²) in [6.45, 7) is 3.53. The average Bonchev–Trinajstić information content (AvgIpc) is 2.31. The zero-order valence-electron chi connectivity index (χ0n) is 10.4. The molecule has 0 bridgehead atoms. The number of halogens is 2. The summed E-state index contributed by atoms with van der Waals surface area (Å²) >= 11 is 0. The number of hydrogen-bond donors (Lipinski definition) is 1. The second-order valence-corrected chi connectivity index (χ2v) is 3.76. The van der Waals surface area contributed by atoms with Crippen molar-refractivity contribution in [1.82, 2.24) is 4.98 Å². The van der Waals surface area contributed by atoms with Crippen LogP contribution in [0.15, 0.2) is 6.07 Å². The number of aromatic nitrogens is 1. The van der Waals surface area contributed by atoms with Crippen molar-refractivity contribution in [2.45, 2.75) is 33.2 Å². The van der Waals surface area contributed by atoms with Crippen LogP contribution >= 0.6 is 0 Å². The van der Waals surface area contributed by atoms with Crippen molar-refractivity contribution in [2.75, 3.05) is 6.61 Å². The van der Waals surface area contributed by atoms with Crippen LogP contribution in [0.25, 0.3) is 0 Å². The van der Waals surface area contributed by atoms with E-state index in [0.29, 0.717) is 11.3 Å². The van der Waals surface area contributed by atoms with Crippen LogP contribution < -0.4 is 5.73 Å². The van der Waals surface area contributed by atoms with E-state index in [1.807, 2.05) is 0 Å². The molecule has 0 amide bonds. The number of alkyl halides is 2. The van der Waals surface area contributed by atoms with E-state index in [2.05, 4.69) is 4.98 Å². The number of rotatable bonds is 5. The Morgan fingerprint density at radius 2 is 2.22 bits per heavy atom. The summed E-state index contributed by atoms with van der Waals surface area (Å²) in [5.41, 5.74) is 6.34. The van der Waals surface area contributed by atoms with Gasteiger partial charge in [-0.15, -0.1) is 0 Å². The lowest BCUT2D eigenvalue weighted by atomic mass is 10.1. The molecular formula is C12H16F2N2O2. The van der Waals surface area contributed by atoms with Gasteiger partial charge in [-0.05, 0) is 25.5 Å². The highest BCUT2D eigenvalue weighted by Gasteiger charge is 2.17. The van der Waals surface area contributed by atoms with Crippen LogP contribution in [0, 0.1) is 6.92 Å². The fourth-order valence-electron chi connectivity index (χ4n) is 1.62. The molecule has 0 atom stereocenters. The Labute approximate surface area is 104 Å². The van der Waals surface area contributed by atoms with Gasteiger partial charge in [0.1, 0.15) is 0 Å². The van der Waals surface area contributed by atoms with Crippen LogP contribution in [-0.4, -0.2) is 17.6 Å². The van der Waals surface area contributed by atoms with Crippen molar-refractivity contribution in [3.05, 3.63) is 28.6 Å². The molecular weight excluding hydrogens is 242 g/mol. The predicted octanol–water partition coefficient (Wildman–Crippen LogP) is 1.89. The standard InChI is InChI=1S/C12H16F2N2O2/c1-3-18-11(17)5-8-4-9(12(13)14)7(2)10(6-15)16-8/h4,12H,3,5-6,15H2,1-2H3. The third kappa shape index (κ3) is 3.46. The highest BCUT2D eigenvalue weighted by Crippen LogP contribution is 2.25. The number of pyridine rings is 1. The number of nitrogens with two attached hydrogens (primary N) is 1. The molecule has 0 aliphatic carbocycles. The first-order valence-corrected chi connectivity index (χ1v) is 5.62. The quantitative estimate of drug-likeness (QED) is 0.819. The molecule has 1 rings (SSSR count). The summed E-state index contributed by atoms with van der Waals surface area (Å²) in [6, 6.07) is 1.23. The molecule has 1 heterocycles. The van der Waals surface area contributed by atoms with Crippen LogP contribution in [0.1, 0.15) is 35.9 Å². The second kappa shape index (κ2) is 6.39. The van der Waals surface area contributed by atoms with Gasteiger partial charge < -0.3 is 10.5 Å². The molecule has 0 saturated heterocycles. The van der Waals surface area contributed by atoms with E-state index in [4.69, 9.17) is 10.5 Å². The van der Waals surface area contributed by atoms with Crippen LogP contribution in [-0.2, 0) is 22.5 Å². The van der Waals surface area contributed by atoms with Crippen LogP contribution in [0.4, 0.5) is 8.78 Å². The van der Waals surface area contributed by atoms with Gasteiger partial charge in [0.05, 0.1) is 24.4 Å². The lowest BCUT2D eigenvalue weighted by molar-refractivity contribution is -0.142. The van der Waals surface area contributed by atoms with Gasteiger partial charge in [-0.3, -0.25) is 9.78 Å². The number of esters is 1. The zero-order chi connectivity index (χ0) is 13.7. The molecule has 100 valence electrons. The maximum absolute atomic E-state index is 12.8. The van der Waals surface area contributed by atoms with E-state index in [1.165, 1.54) is 6.07 Å². The molecule has 0 aromatic carbocycles. The monoisotopic (exact) mass is 258 g/mol. The van der Waals surface area contributed by atoms with Gasteiger partial charge in [-0.2, -0.15) is 0 Å². The highest BCUT2D eigenvalue weighted by molar-refractivity contribution is 5.72. The first-order chi connectivity index (χ1) is 8.49. The van der Waals surface area contributed by atoms with Gasteiger partial charge in [0, 0.05) is 12.1 Å². The number of ether oxygens (including phenoxy) is 1. The van der Waals surface area contributed by atoms with Crippen LogP contribution in [0.3, 0.4) is 0 Å². The molecule has 0 saturated carbocycles. The van der Waals surface area contributed by atoms with Gasteiger partial charge in [0.25, 0.3) is 6.43 Å². The number of hydrogen-bond acceptors (Lipinski definition) is 4. The Hall–Kier alpha value is -1.56. The predicted molar refractivity (Wildman–Crippen MR) is 62.2 cm³/mol. The van der Waals surface area contributed by atoms with Gasteiger partial charge in [0.2, 0.25) is 0 Å². The topological polar surface area (TPSA) is 65.2 Å². The van der Waals surface area contributed by atoms with Crippen LogP contribution in [0.5, 0.6) is 0 Å². The fourth-order valence-corrected chi connectivity index (χ4v) is 1.62. The molecule has 18 heavy (non-hydrogen) atoms. The minimum absolute atomic E-state index is 0.0578. The largest absolute Gasteiger partial charge is 0.466 e. The molecule has 0 fully saturated rings. The molecule has 0 radical (unpaired) electrons. The fraction of sp³-hybridized carbons (Fsp3) is 0.500. The van der Waals surface area contributed by atoms with Gasteiger partial charge in [-0.1, -0.05) is 0 Å². The SMILES string of the molecule is CCOC(=O)Cc1cc(C(F)F)c(C)c(CN)n1. The Morgan fingerprint density at radius 1 is 1.56 bits per heavy atom. The zero-order valence-corrected chi connectivity index (χ0v) is 10.4. The van der Waals surface area contributed by atoms with E-state index in [9.17, 15) is 13.6 Å². The molecule has 1 aromatic rings. The minimum Gasteiger partial charge on any atom is -0.466 e. The van der Waals surface area contributed by atoms with E-state index in [-0.39, 0.29) is 30.8 Å². The summed E-state index contributed by atoms with van der Waals surface area (Å²) in [7, 11) is 0. The van der Waals surface area contributed by atoms with Crippen molar-refractivity contribution in [3.63, 3.8) is 0 Å². The minimum atomic E-state index is -2.61. The third-order valence-electron chi connectivity index (χ3n) is 2.53.